The van der Waals surface area contributed by atoms with E-state index in [1.807, 2.05) is 19.9 Å². The maximum atomic E-state index is 12.6. The number of thiocarbonyl (C=S) groups is 1. The topological polar surface area (TPSA) is 84.1 Å². The molecule has 1 aliphatic rings. The van der Waals surface area contributed by atoms with Gasteiger partial charge in [-0.15, -0.1) is 10.2 Å². The van der Waals surface area contributed by atoms with Crippen LogP contribution in [0.15, 0.2) is 41.8 Å². The zero-order valence-corrected chi connectivity index (χ0v) is 18.1. The van der Waals surface area contributed by atoms with Crippen LogP contribution in [0.1, 0.15) is 24.7 Å². The SMILES string of the molecule is CCN(CCC(F)(F)F)c1ccc(N=C2C(=S)Nn3c2nnc3-c2cnccn2)c(C)c1. The summed E-state index contributed by atoms with van der Waals surface area (Å²) in [4.78, 5) is 15.0. The Morgan fingerprint density at radius 3 is 2.62 bits per heavy atom. The highest BCUT2D eigenvalue weighted by Crippen LogP contribution is 2.28. The molecule has 0 unspecified atom stereocenters. The predicted molar refractivity (Wildman–Crippen MR) is 119 cm³/mol. The van der Waals surface area contributed by atoms with Gasteiger partial charge < -0.3 is 4.90 Å². The Morgan fingerprint density at radius 2 is 1.97 bits per heavy atom. The molecule has 3 aromatic rings. The molecule has 12 heteroatoms. The van der Waals surface area contributed by atoms with Gasteiger partial charge in [0.05, 0.1) is 18.3 Å². The summed E-state index contributed by atoms with van der Waals surface area (Å²) in [6.07, 6.45) is -0.380. The van der Waals surface area contributed by atoms with Gasteiger partial charge in [-0.3, -0.25) is 10.4 Å². The van der Waals surface area contributed by atoms with E-state index in [2.05, 4.69) is 30.6 Å². The highest BCUT2D eigenvalue weighted by molar-refractivity contribution is 7.82. The number of anilines is 1. The summed E-state index contributed by atoms with van der Waals surface area (Å²) >= 11 is 5.43. The second-order valence-electron chi connectivity index (χ2n) is 7.09. The summed E-state index contributed by atoms with van der Waals surface area (Å²) in [5.41, 5.74) is 6.13. The minimum Gasteiger partial charge on any atom is -0.371 e. The van der Waals surface area contributed by atoms with E-state index in [-0.39, 0.29) is 6.54 Å². The van der Waals surface area contributed by atoms with Gasteiger partial charge in [-0.05, 0) is 37.6 Å². The Bertz CT molecular complexity index is 1170. The lowest BCUT2D eigenvalue weighted by molar-refractivity contribution is -0.132. The number of halogens is 3. The number of hydrogen-bond donors (Lipinski definition) is 1. The van der Waals surface area contributed by atoms with Crippen molar-refractivity contribution < 1.29 is 13.2 Å². The molecule has 0 fully saturated rings. The maximum absolute atomic E-state index is 12.6. The van der Waals surface area contributed by atoms with E-state index in [4.69, 9.17) is 12.2 Å². The molecule has 8 nitrogen and oxygen atoms in total. The first-order valence-corrected chi connectivity index (χ1v) is 10.2. The van der Waals surface area contributed by atoms with E-state index in [0.717, 1.165) is 5.56 Å². The predicted octanol–water partition coefficient (Wildman–Crippen LogP) is 3.83. The second kappa shape index (κ2) is 8.61. The number of aliphatic imine (C=N–C) groups is 1. The fourth-order valence-electron chi connectivity index (χ4n) is 3.29. The smallest absolute Gasteiger partial charge is 0.371 e. The Hall–Kier alpha value is -3.41. The van der Waals surface area contributed by atoms with Crippen LogP contribution >= 0.6 is 12.2 Å². The van der Waals surface area contributed by atoms with Crippen molar-refractivity contribution in [2.75, 3.05) is 23.4 Å². The van der Waals surface area contributed by atoms with Gasteiger partial charge in [-0.2, -0.15) is 13.2 Å². The van der Waals surface area contributed by atoms with Crippen molar-refractivity contribution in [1.82, 2.24) is 24.8 Å². The molecule has 0 saturated heterocycles. The van der Waals surface area contributed by atoms with Crippen LogP contribution in [0, 0.1) is 6.92 Å². The van der Waals surface area contributed by atoms with Gasteiger partial charge in [0, 0.05) is 31.2 Å². The van der Waals surface area contributed by atoms with Gasteiger partial charge in [-0.25, -0.2) is 14.7 Å². The normalized spacial score (nSPS) is 14.5. The quantitative estimate of drug-likeness (QED) is 0.560. The summed E-state index contributed by atoms with van der Waals surface area (Å²) < 4.78 is 39.5. The number of nitrogens with zero attached hydrogens (tertiary/aromatic N) is 7. The molecule has 4 rings (SSSR count). The average Bonchev–Trinajstić information content (AvgIpc) is 3.29. The summed E-state index contributed by atoms with van der Waals surface area (Å²) in [6.45, 7) is 4.03. The van der Waals surface area contributed by atoms with E-state index < -0.39 is 12.6 Å². The molecule has 0 spiro atoms. The van der Waals surface area contributed by atoms with Crippen molar-refractivity contribution in [3.63, 3.8) is 0 Å². The first kappa shape index (κ1) is 21.8. The van der Waals surface area contributed by atoms with Crippen LogP contribution in [0.3, 0.4) is 0 Å². The van der Waals surface area contributed by atoms with Gasteiger partial charge in [0.2, 0.25) is 11.6 Å². The Morgan fingerprint density at radius 1 is 1.19 bits per heavy atom. The third-order valence-corrected chi connectivity index (χ3v) is 5.20. The molecule has 1 aromatic carbocycles. The fraction of sp³-hybridized carbons (Fsp3) is 0.300. The van der Waals surface area contributed by atoms with E-state index >= 15 is 0 Å². The first-order valence-electron chi connectivity index (χ1n) is 9.81. The van der Waals surface area contributed by atoms with Gasteiger partial charge in [-0.1, -0.05) is 12.2 Å². The molecule has 32 heavy (non-hydrogen) atoms. The lowest BCUT2D eigenvalue weighted by Gasteiger charge is -2.24. The van der Waals surface area contributed by atoms with Crippen molar-refractivity contribution in [3.8, 4) is 11.5 Å². The Balaban J connectivity index is 1.61. The molecule has 1 aliphatic heterocycles. The highest BCUT2D eigenvalue weighted by Gasteiger charge is 2.30. The number of fused-ring (bicyclic) bond motifs is 1. The lowest BCUT2D eigenvalue weighted by Crippen LogP contribution is -2.27. The molecule has 3 heterocycles. The van der Waals surface area contributed by atoms with Gasteiger partial charge in [0.15, 0.2) is 0 Å². The van der Waals surface area contributed by atoms with E-state index in [1.165, 1.54) is 0 Å². The fourth-order valence-corrected chi connectivity index (χ4v) is 3.52. The third kappa shape index (κ3) is 4.44. The highest BCUT2D eigenvalue weighted by atomic mass is 32.1. The second-order valence-corrected chi connectivity index (χ2v) is 7.50. The zero-order chi connectivity index (χ0) is 22.9. The van der Waals surface area contributed by atoms with Crippen molar-refractivity contribution in [2.24, 2.45) is 4.99 Å². The molecule has 166 valence electrons. The van der Waals surface area contributed by atoms with Crippen LogP contribution in [0.5, 0.6) is 0 Å². The number of rotatable bonds is 6. The molecule has 0 bridgehead atoms. The number of aryl methyl sites for hydroxylation is 1. The molecule has 2 aromatic heterocycles. The number of alkyl halides is 3. The van der Waals surface area contributed by atoms with Gasteiger partial charge >= 0.3 is 6.18 Å². The molecule has 1 N–H and O–H groups in total. The molecule has 0 saturated carbocycles. The van der Waals surface area contributed by atoms with Crippen LogP contribution in [-0.2, 0) is 0 Å². The number of benzene rings is 1. The molecule has 0 radical (unpaired) electrons. The zero-order valence-electron chi connectivity index (χ0n) is 17.3. The maximum Gasteiger partial charge on any atom is 0.390 e. The van der Waals surface area contributed by atoms with Crippen LogP contribution in [-0.4, -0.2) is 54.8 Å². The molecule has 0 amide bonds. The van der Waals surface area contributed by atoms with E-state index in [1.54, 1.807) is 40.3 Å². The summed E-state index contributed by atoms with van der Waals surface area (Å²) in [5.74, 6) is 0.899. The minimum atomic E-state index is -4.19. The van der Waals surface area contributed by atoms with Crippen LogP contribution in [0.4, 0.5) is 24.5 Å². The third-order valence-electron chi connectivity index (χ3n) is 4.92. The summed E-state index contributed by atoms with van der Waals surface area (Å²) in [7, 11) is 0. The molecular formula is C20H19F3N8S. The minimum absolute atomic E-state index is 0.102. The largest absolute Gasteiger partial charge is 0.390 e. The van der Waals surface area contributed by atoms with Crippen molar-refractivity contribution in [2.45, 2.75) is 26.4 Å². The van der Waals surface area contributed by atoms with E-state index in [0.29, 0.717) is 46.0 Å². The standard InChI is InChI=1S/C20H19F3N8S/c1-3-30(9-6-20(21,22)23)13-4-5-14(12(2)10-13)26-16-18-28-27-17(31(18)29-19(16)32)15-11-24-7-8-25-15/h4-5,7-8,10-11H,3,6,9H2,1-2H3,(H,29,32). The van der Waals surface area contributed by atoms with Crippen LogP contribution in [0.25, 0.3) is 11.5 Å². The van der Waals surface area contributed by atoms with Crippen molar-refractivity contribution in [1.29, 1.82) is 0 Å². The molecular weight excluding hydrogens is 441 g/mol. The summed E-state index contributed by atoms with van der Waals surface area (Å²) in [5, 5.41) is 8.34. The Labute approximate surface area is 187 Å². The average molecular weight is 460 g/mol. The van der Waals surface area contributed by atoms with Crippen LogP contribution in [0.2, 0.25) is 0 Å². The van der Waals surface area contributed by atoms with Crippen molar-refractivity contribution >= 4 is 34.3 Å². The van der Waals surface area contributed by atoms with Crippen molar-refractivity contribution in [3.05, 3.63) is 48.2 Å². The summed E-state index contributed by atoms with van der Waals surface area (Å²) in [6, 6.07) is 5.34. The molecule has 0 aliphatic carbocycles. The Kier molecular flexibility index (Phi) is 5.87. The number of hydrogen-bond acceptors (Lipinski definition) is 7. The number of aromatic nitrogens is 5. The number of nitrogens with one attached hydrogen (secondary N) is 1. The monoisotopic (exact) mass is 460 g/mol. The van der Waals surface area contributed by atoms with E-state index in [9.17, 15) is 13.2 Å². The van der Waals surface area contributed by atoms with Gasteiger partial charge in [0.1, 0.15) is 16.4 Å². The molecule has 0 atom stereocenters. The van der Waals surface area contributed by atoms with Crippen LogP contribution < -0.4 is 10.3 Å². The van der Waals surface area contributed by atoms with Gasteiger partial charge in [0.25, 0.3) is 0 Å². The first-order chi connectivity index (χ1) is 15.3. The lowest BCUT2D eigenvalue weighted by atomic mass is 10.1.